The Bertz CT molecular complexity index is 635. The summed E-state index contributed by atoms with van der Waals surface area (Å²) in [7, 11) is 0. The van der Waals surface area contributed by atoms with Crippen molar-refractivity contribution in [1.29, 1.82) is 0 Å². The lowest BCUT2D eigenvalue weighted by Crippen LogP contribution is -2.41. The molecule has 1 unspecified atom stereocenters. The minimum absolute atomic E-state index is 0.0291. The summed E-state index contributed by atoms with van der Waals surface area (Å²) in [5.41, 5.74) is -1.84. The lowest BCUT2D eigenvalue weighted by Gasteiger charge is -2.26. The summed E-state index contributed by atoms with van der Waals surface area (Å²) in [5.74, 6) is -0.786. The maximum Gasteiger partial charge on any atom is 0.254 e. The third-order valence-corrected chi connectivity index (χ3v) is 3.22. The molecule has 2 aromatic heterocycles. The third kappa shape index (κ3) is 3.38. The van der Waals surface area contributed by atoms with Gasteiger partial charge in [0.1, 0.15) is 31.2 Å². The Kier molecular flexibility index (Phi) is 5.02. The molecule has 0 amide bonds. The Balaban J connectivity index is 2.34. The Morgan fingerprint density at radius 3 is 2.73 bits per heavy atom. The molecule has 0 aliphatic carbocycles. The van der Waals surface area contributed by atoms with Crippen LogP contribution in [0.2, 0.25) is 5.15 Å². The second-order valence-electron chi connectivity index (χ2n) is 4.84. The number of aromatic nitrogens is 4. The van der Waals surface area contributed by atoms with Crippen LogP contribution in [0.1, 0.15) is 13.2 Å². The second-order valence-corrected chi connectivity index (χ2v) is 5.22. The van der Waals surface area contributed by atoms with E-state index in [1.165, 1.54) is 31.7 Å². The number of alkyl halides is 2. The number of pyridine rings is 1. The third-order valence-electron chi connectivity index (χ3n) is 3.01. The Labute approximate surface area is 130 Å². The van der Waals surface area contributed by atoms with E-state index in [1.54, 1.807) is 6.07 Å². The van der Waals surface area contributed by atoms with Crippen LogP contribution in [0.3, 0.4) is 0 Å². The molecule has 0 bridgehead atoms. The average Bonchev–Trinajstić information content (AvgIpc) is 3.05. The number of ether oxygens (including phenoxy) is 1. The molecule has 118 valence electrons. The molecule has 2 aromatic rings. The minimum atomic E-state index is -1.84. The first-order valence-electron chi connectivity index (χ1n) is 6.30. The quantitative estimate of drug-likeness (QED) is 0.729. The van der Waals surface area contributed by atoms with Gasteiger partial charge in [-0.15, -0.1) is 0 Å². The smallest absolute Gasteiger partial charge is 0.254 e. The standard InChI is InChI=1S/C13H13ClF2N4O2/c1-13(5-15,6-16)11(21)12(20-8-17-7-18-20)22-10-4-2-3-9(14)19-10/h2-4,7-8,12H,5-6H2,1H3. The van der Waals surface area contributed by atoms with Crippen molar-refractivity contribution < 1.29 is 18.3 Å². The van der Waals surface area contributed by atoms with Gasteiger partial charge in [0.25, 0.3) is 6.23 Å². The van der Waals surface area contributed by atoms with Gasteiger partial charge in [-0.25, -0.2) is 23.4 Å². The molecule has 0 aromatic carbocycles. The zero-order valence-corrected chi connectivity index (χ0v) is 12.4. The lowest BCUT2D eigenvalue weighted by molar-refractivity contribution is -0.142. The largest absolute Gasteiger partial charge is 0.444 e. The van der Waals surface area contributed by atoms with Crippen LogP contribution in [0.4, 0.5) is 8.78 Å². The highest BCUT2D eigenvalue weighted by Gasteiger charge is 2.41. The molecule has 0 aliphatic heterocycles. The van der Waals surface area contributed by atoms with Crippen molar-refractivity contribution in [3.05, 3.63) is 36.0 Å². The van der Waals surface area contributed by atoms with E-state index in [9.17, 15) is 13.6 Å². The number of ketones is 1. The molecule has 9 heteroatoms. The molecule has 2 rings (SSSR count). The minimum Gasteiger partial charge on any atom is -0.444 e. The first-order valence-corrected chi connectivity index (χ1v) is 6.67. The van der Waals surface area contributed by atoms with Crippen LogP contribution in [0.5, 0.6) is 5.88 Å². The topological polar surface area (TPSA) is 69.9 Å². The van der Waals surface area contributed by atoms with Gasteiger partial charge in [-0.3, -0.25) is 4.79 Å². The van der Waals surface area contributed by atoms with Crippen LogP contribution in [0.15, 0.2) is 30.9 Å². The van der Waals surface area contributed by atoms with Crippen molar-refractivity contribution in [1.82, 2.24) is 19.7 Å². The zero-order valence-electron chi connectivity index (χ0n) is 11.6. The zero-order chi connectivity index (χ0) is 16.2. The number of halogens is 3. The summed E-state index contributed by atoms with van der Waals surface area (Å²) in [5, 5.41) is 3.95. The van der Waals surface area contributed by atoms with Crippen LogP contribution in [-0.4, -0.2) is 38.9 Å². The Hall–Kier alpha value is -2.09. The Morgan fingerprint density at radius 1 is 1.45 bits per heavy atom. The molecule has 0 saturated carbocycles. The number of rotatable bonds is 7. The number of Topliss-reactive ketones (excluding diaryl/α,β-unsaturated/α-hetero) is 1. The summed E-state index contributed by atoms with van der Waals surface area (Å²) in [6.45, 7) is -1.16. The average molecular weight is 331 g/mol. The highest BCUT2D eigenvalue weighted by atomic mass is 35.5. The summed E-state index contributed by atoms with van der Waals surface area (Å²) >= 11 is 5.75. The normalized spacial score (nSPS) is 12.9. The van der Waals surface area contributed by atoms with Crippen molar-refractivity contribution in [3.63, 3.8) is 0 Å². The van der Waals surface area contributed by atoms with Crippen LogP contribution in [0.25, 0.3) is 0 Å². The first-order chi connectivity index (χ1) is 10.5. The molecular formula is C13H13ClF2N4O2. The predicted octanol–water partition coefficient (Wildman–Crippen LogP) is 2.42. The van der Waals surface area contributed by atoms with Gasteiger partial charge < -0.3 is 4.74 Å². The molecule has 6 nitrogen and oxygen atoms in total. The fraction of sp³-hybridized carbons (Fsp3) is 0.385. The number of hydrogen-bond donors (Lipinski definition) is 0. The van der Waals surface area contributed by atoms with E-state index in [4.69, 9.17) is 16.3 Å². The summed E-state index contributed by atoms with van der Waals surface area (Å²) < 4.78 is 32.7. The number of hydrogen-bond acceptors (Lipinski definition) is 5. The lowest BCUT2D eigenvalue weighted by atomic mass is 9.87. The SMILES string of the molecule is CC(CF)(CF)C(=O)C(Oc1cccc(Cl)n1)n1cncn1. The van der Waals surface area contributed by atoms with Gasteiger partial charge in [-0.1, -0.05) is 17.7 Å². The van der Waals surface area contributed by atoms with Crippen LogP contribution >= 0.6 is 11.6 Å². The van der Waals surface area contributed by atoms with Gasteiger partial charge >= 0.3 is 0 Å². The maximum absolute atomic E-state index is 13.1. The molecule has 0 aliphatic rings. The molecule has 2 heterocycles. The van der Waals surface area contributed by atoms with E-state index in [-0.39, 0.29) is 11.0 Å². The summed E-state index contributed by atoms with van der Waals surface area (Å²) in [6, 6.07) is 4.55. The van der Waals surface area contributed by atoms with Crippen molar-refractivity contribution in [2.45, 2.75) is 13.2 Å². The first kappa shape index (κ1) is 16.3. The van der Waals surface area contributed by atoms with Crippen LogP contribution in [-0.2, 0) is 4.79 Å². The molecule has 1 atom stereocenters. The molecule has 0 spiro atoms. The highest BCUT2D eigenvalue weighted by Crippen LogP contribution is 2.28. The number of nitrogens with zero attached hydrogens (tertiary/aromatic N) is 4. The molecule has 0 saturated heterocycles. The van der Waals surface area contributed by atoms with Gasteiger partial charge in [0.15, 0.2) is 0 Å². The second kappa shape index (κ2) is 6.78. The van der Waals surface area contributed by atoms with Gasteiger partial charge in [-0.05, 0) is 13.0 Å². The van der Waals surface area contributed by atoms with Gasteiger partial charge in [0.2, 0.25) is 11.7 Å². The fourth-order valence-electron chi connectivity index (χ4n) is 1.60. The summed E-state index contributed by atoms with van der Waals surface area (Å²) in [4.78, 5) is 20.0. The highest BCUT2D eigenvalue weighted by molar-refractivity contribution is 6.29. The van der Waals surface area contributed by atoms with Crippen molar-refractivity contribution >= 4 is 17.4 Å². The molecule has 0 N–H and O–H groups in total. The number of carbonyl (C=O) groups excluding carboxylic acids is 1. The van der Waals surface area contributed by atoms with E-state index < -0.39 is 30.8 Å². The van der Waals surface area contributed by atoms with E-state index in [0.717, 1.165) is 4.68 Å². The Morgan fingerprint density at radius 2 is 2.18 bits per heavy atom. The molecular weight excluding hydrogens is 318 g/mol. The summed E-state index contributed by atoms with van der Waals surface area (Å²) in [6.07, 6.45) is 0.992. The molecule has 0 fully saturated rings. The van der Waals surface area contributed by atoms with E-state index in [1.807, 2.05) is 0 Å². The van der Waals surface area contributed by atoms with Crippen molar-refractivity contribution in [2.24, 2.45) is 5.41 Å². The van der Waals surface area contributed by atoms with Gasteiger partial charge in [0.05, 0.1) is 5.41 Å². The van der Waals surface area contributed by atoms with Crippen molar-refractivity contribution in [3.8, 4) is 5.88 Å². The van der Waals surface area contributed by atoms with E-state index >= 15 is 0 Å². The van der Waals surface area contributed by atoms with E-state index in [0.29, 0.717) is 0 Å². The maximum atomic E-state index is 13.1. The van der Waals surface area contributed by atoms with Gasteiger partial charge in [0, 0.05) is 6.07 Å². The van der Waals surface area contributed by atoms with Gasteiger partial charge in [-0.2, -0.15) is 5.10 Å². The predicted molar refractivity (Wildman–Crippen MR) is 74.0 cm³/mol. The van der Waals surface area contributed by atoms with Crippen molar-refractivity contribution in [2.75, 3.05) is 13.3 Å². The fourth-order valence-corrected chi connectivity index (χ4v) is 1.76. The monoisotopic (exact) mass is 330 g/mol. The van der Waals surface area contributed by atoms with E-state index in [2.05, 4.69) is 15.1 Å². The molecule has 0 radical (unpaired) electrons. The van der Waals surface area contributed by atoms with Crippen LogP contribution < -0.4 is 4.74 Å². The van der Waals surface area contributed by atoms with Crippen LogP contribution in [0, 0.1) is 5.41 Å². The molecule has 22 heavy (non-hydrogen) atoms. The number of carbonyl (C=O) groups is 1.